The summed E-state index contributed by atoms with van der Waals surface area (Å²) in [7, 11) is -3.65. The molecule has 0 radical (unpaired) electrons. The number of fused-ring (bicyclic) bond motifs is 3. The van der Waals surface area contributed by atoms with Crippen LogP contribution in [-0.4, -0.2) is 43.2 Å². The molecule has 0 bridgehead atoms. The third-order valence-corrected chi connectivity index (χ3v) is 8.47. The third-order valence-electron chi connectivity index (χ3n) is 4.56. The highest BCUT2D eigenvalue weighted by molar-refractivity contribution is 9.11. The monoisotopic (exact) mass is 426 g/mol. The molecular formula is C16H15BrN2O3S2. The maximum atomic E-state index is 12.9. The van der Waals surface area contributed by atoms with Gasteiger partial charge in [0.05, 0.1) is 16.4 Å². The second-order valence-electron chi connectivity index (χ2n) is 5.91. The fraction of sp³-hybridized carbons (Fsp3) is 0.312. The van der Waals surface area contributed by atoms with Crippen LogP contribution in [-0.2, 0) is 21.2 Å². The zero-order valence-corrected chi connectivity index (χ0v) is 15.9. The van der Waals surface area contributed by atoms with Gasteiger partial charge in [-0.05, 0) is 45.6 Å². The van der Waals surface area contributed by atoms with Gasteiger partial charge in [-0.3, -0.25) is 4.79 Å². The van der Waals surface area contributed by atoms with Crippen molar-refractivity contribution in [3.05, 3.63) is 51.3 Å². The Hall–Kier alpha value is -1.22. The van der Waals surface area contributed by atoms with E-state index in [0.29, 0.717) is 13.1 Å². The highest BCUT2D eigenvalue weighted by atomic mass is 79.9. The van der Waals surface area contributed by atoms with Crippen molar-refractivity contribution in [1.82, 2.24) is 9.21 Å². The van der Waals surface area contributed by atoms with Gasteiger partial charge in [0.2, 0.25) is 5.91 Å². The van der Waals surface area contributed by atoms with E-state index in [1.54, 1.807) is 12.1 Å². The molecule has 0 N–H and O–H groups in total. The maximum Gasteiger partial charge on any atom is 0.253 e. The molecule has 3 heterocycles. The van der Waals surface area contributed by atoms with E-state index in [9.17, 15) is 13.2 Å². The Morgan fingerprint density at radius 1 is 1.17 bits per heavy atom. The molecule has 126 valence electrons. The molecule has 1 amide bonds. The van der Waals surface area contributed by atoms with Crippen LogP contribution in [0, 0.1) is 0 Å². The van der Waals surface area contributed by atoms with Crippen molar-refractivity contribution in [3.63, 3.8) is 0 Å². The SMILES string of the molecule is O=C1CN(S(=O)(=O)c2ccc(Br)s2)C[C@@H]2c3ccccc3CCN12. The Morgan fingerprint density at radius 3 is 2.71 bits per heavy atom. The number of benzene rings is 1. The summed E-state index contributed by atoms with van der Waals surface area (Å²) in [6.07, 6.45) is 0.822. The van der Waals surface area contributed by atoms with Gasteiger partial charge in [0.1, 0.15) is 4.21 Å². The first kappa shape index (κ1) is 16.3. The van der Waals surface area contributed by atoms with Gasteiger partial charge in [0.15, 0.2) is 0 Å². The summed E-state index contributed by atoms with van der Waals surface area (Å²) in [5.41, 5.74) is 2.26. The molecular weight excluding hydrogens is 412 g/mol. The molecule has 5 nitrogen and oxygen atoms in total. The van der Waals surface area contributed by atoms with Crippen LogP contribution in [0.25, 0.3) is 0 Å². The zero-order chi connectivity index (χ0) is 16.9. The number of piperazine rings is 1. The Morgan fingerprint density at radius 2 is 1.96 bits per heavy atom. The summed E-state index contributed by atoms with van der Waals surface area (Å²) in [5, 5.41) is 0. The van der Waals surface area contributed by atoms with Crippen LogP contribution in [0.15, 0.2) is 44.4 Å². The number of thiophene rings is 1. The predicted octanol–water partition coefficient (Wildman–Crippen LogP) is 2.64. The number of halogens is 1. The average Bonchev–Trinajstić information content (AvgIpc) is 3.02. The van der Waals surface area contributed by atoms with Crippen LogP contribution in [0.2, 0.25) is 0 Å². The normalized spacial score (nSPS) is 21.5. The van der Waals surface area contributed by atoms with Gasteiger partial charge in [-0.15, -0.1) is 11.3 Å². The van der Waals surface area contributed by atoms with Crippen LogP contribution in [0.5, 0.6) is 0 Å². The quantitative estimate of drug-likeness (QED) is 0.741. The molecule has 1 saturated heterocycles. The minimum atomic E-state index is -3.65. The van der Waals surface area contributed by atoms with Crippen molar-refractivity contribution in [1.29, 1.82) is 0 Å². The van der Waals surface area contributed by atoms with E-state index >= 15 is 0 Å². The zero-order valence-electron chi connectivity index (χ0n) is 12.7. The van der Waals surface area contributed by atoms with Crippen LogP contribution >= 0.6 is 27.3 Å². The van der Waals surface area contributed by atoms with E-state index in [0.717, 1.165) is 15.8 Å². The summed E-state index contributed by atoms with van der Waals surface area (Å²) in [4.78, 5) is 14.4. The van der Waals surface area contributed by atoms with Crippen LogP contribution < -0.4 is 0 Å². The van der Waals surface area contributed by atoms with Crippen molar-refractivity contribution in [2.75, 3.05) is 19.6 Å². The van der Waals surface area contributed by atoms with E-state index in [1.165, 1.54) is 21.2 Å². The lowest BCUT2D eigenvalue weighted by Gasteiger charge is -2.43. The van der Waals surface area contributed by atoms with Gasteiger partial charge >= 0.3 is 0 Å². The Kier molecular flexibility index (Phi) is 4.03. The van der Waals surface area contributed by atoms with Gasteiger partial charge in [0, 0.05) is 13.1 Å². The number of hydrogen-bond acceptors (Lipinski definition) is 4. The molecule has 1 aromatic carbocycles. The lowest BCUT2D eigenvalue weighted by molar-refractivity contribution is -0.138. The highest BCUT2D eigenvalue weighted by Gasteiger charge is 2.41. The largest absolute Gasteiger partial charge is 0.333 e. The summed E-state index contributed by atoms with van der Waals surface area (Å²) < 4.78 is 28.1. The van der Waals surface area contributed by atoms with Crippen LogP contribution in [0.3, 0.4) is 0 Å². The standard InChI is InChI=1S/C16H15BrN2O3S2/c17-14-5-6-16(23-14)24(21,22)18-9-13-12-4-2-1-3-11(12)7-8-19(13)15(20)10-18/h1-6,13H,7-10H2/t13-/m1/s1. The molecule has 24 heavy (non-hydrogen) atoms. The first-order valence-corrected chi connectivity index (χ1v) is 10.6. The van der Waals surface area contributed by atoms with Crippen LogP contribution in [0.1, 0.15) is 17.2 Å². The fourth-order valence-corrected chi connectivity index (χ4v) is 6.95. The lowest BCUT2D eigenvalue weighted by atomic mass is 9.91. The third kappa shape index (κ3) is 2.61. The van der Waals surface area contributed by atoms with E-state index < -0.39 is 10.0 Å². The molecule has 1 aromatic heterocycles. The highest BCUT2D eigenvalue weighted by Crippen LogP contribution is 2.36. The molecule has 2 aliphatic heterocycles. The summed E-state index contributed by atoms with van der Waals surface area (Å²) in [6.45, 7) is 0.871. The first-order valence-electron chi connectivity index (χ1n) is 7.59. The number of rotatable bonds is 2. The summed E-state index contributed by atoms with van der Waals surface area (Å²) >= 11 is 4.46. The molecule has 8 heteroatoms. The summed E-state index contributed by atoms with van der Waals surface area (Å²) in [5.74, 6) is -0.125. The Balaban J connectivity index is 1.71. The first-order chi connectivity index (χ1) is 11.5. The van der Waals surface area contributed by atoms with E-state index in [2.05, 4.69) is 22.0 Å². The van der Waals surface area contributed by atoms with Gasteiger partial charge in [0.25, 0.3) is 10.0 Å². The van der Waals surface area contributed by atoms with E-state index in [-0.39, 0.29) is 22.7 Å². The number of hydrogen-bond donors (Lipinski definition) is 0. The number of carbonyl (C=O) groups is 1. The Bertz CT molecular complexity index is 910. The number of sulfonamides is 1. The second kappa shape index (κ2) is 5.94. The molecule has 4 rings (SSSR count). The smallest absolute Gasteiger partial charge is 0.253 e. The number of nitrogens with zero attached hydrogens (tertiary/aromatic N) is 2. The molecule has 0 spiro atoms. The van der Waals surface area contributed by atoms with Crippen molar-refractivity contribution in [3.8, 4) is 0 Å². The second-order valence-corrected chi connectivity index (χ2v) is 10.5. The van der Waals surface area contributed by atoms with Crippen molar-refractivity contribution >= 4 is 43.2 Å². The summed E-state index contributed by atoms with van der Waals surface area (Å²) in [6, 6.07) is 11.1. The van der Waals surface area contributed by atoms with Crippen molar-refractivity contribution in [2.45, 2.75) is 16.7 Å². The van der Waals surface area contributed by atoms with Gasteiger partial charge in [-0.25, -0.2) is 8.42 Å². The minimum absolute atomic E-state index is 0.0868. The van der Waals surface area contributed by atoms with Gasteiger partial charge in [-0.1, -0.05) is 24.3 Å². The van der Waals surface area contributed by atoms with Gasteiger partial charge < -0.3 is 4.90 Å². The fourth-order valence-electron chi connectivity index (χ4n) is 3.39. The molecule has 1 fully saturated rings. The van der Waals surface area contributed by atoms with Gasteiger partial charge in [-0.2, -0.15) is 4.31 Å². The van der Waals surface area contributed by atoms with Crippen LogP contribution in [0.4, 0.5) is 0 Å². The molecule has 2 aromatic rings. The maximum absolute atomic E-state index is 12.9. The van der Waals surface area contributed by atoms with E-state index in [4.69, 9.17) is 0 Å². The molecule has 0 aliphatic carbocycles. The minimum Gasteiger partial charge on any atom is -0.333 e. The van der Waals surface area contributed by atoms with Crippen molar-refractivity contribution in [2.24, 2.45) is 0 Å². The molecule has 2 aliphatic rings. The molecule has 0 unspecified atom stereocenters. The predicted molar refractivity (Wildman–Crippen MR) is 95.4 cm³/mol. The van der Waals surface area contributed by atoms with E-state index in [1.807, 2.05) is 23.1 Å². The topological polar surface area (TPSA) is 57.7 Å². The number of carbonyl (C=O) groups excluding carboxylic acids is 1. The Labute approximate surface area is 153 Å². The average molecular weight is 427 g/mol. The lowest BCUT2D eigenvalue weighted by Crippen LogP contribution is -2.55. The molecule has 0 saturated carbocycles. The number of amides is 1. The van der Waals surface area contributed by atoms with Crippen molar-refractivity contribution < 1.29 is 13.2 Å². The molecule has 1 atom stereocenters.